The minimum atomic E-state index is -2.23. The summed E-state index contributed by atoms with van der Waals surface area (Å²) in [7, 11) is -1.30. The Bertz CT molecular complexity index is 3430. The molecule has 0 bridgehead atoms. The molecular formula is C51H37FIrN4OSi-2. The summed E-state index contributed by atoms with van der Waals surface area (Å²) in [6.45, 7) is 4.63. The van der Waals surface area contributed by atoms with Crippen LogP contribution in [0.25, 0.3) is 93.8 Å². The maximum Gasteiger partial charge on any atom is 0.121 e. The Labute approximate surface area is 359 Å². The van der Waals surface area contributed by atoms with Crippen LogP contribution in [0.4, 0.5) is 4.39 Å². The number of aromatic nitrogens is 4. The minimum Gasteiger partial charge on any atom is -0.501 e. The summed E-state index contributed by atoms with van der Waals surface area (Å²) < 4.78 is 44.9. The predicted octanol–water partition coefficient (Wildman–Crippen LogP) is 12.8. The van der Waals surface area contributed by atoms with Crippen LogP contribution in [-0.4, -0.2) is 27.6 Å². The van der Waals surface area contributed by atoms with Crippen LogP contribution in [0.2, 0.25) is 19.6 Å². The van der Waals surface area contributed by atoms with E-state index in [2.05, 4.69) is 102 Å². The summed E-state index contributed by atoms with van der Waals surface area (Å²) >= 11 is 0. The van der Waals surface area contributed by atoms with Gasteiger partial charge in [-0.1, -0.05) is 103 Å². The molecule has 0 saturated carbocycles. The van der Waals surface area contributed by atoms with Gasteiger partial charge < -0.3 is 14.0 Å². The van der Waals surface area contributed by atoms with E-state index in [4.69, 9.17) is 18.5 Å². The molecule has 0 saturated heterocycles. The van der Waals surface area contributed by atoms with Gasteiger partial charge in [0.25, 0.3) is 0 Å². The molecule has 0 unspecified atom stereocenters. The minimum absolute atomic E-state index is 0. The molecule has 5 nitrogen and oxygen atoms in total. The second-order valence-corrected chi connectivity index (χ2v) is 20.5. The Morgan fingerprint density at radius 3 is 2.27 bits per heavy atom. The van der Waals surface area contributed by atoms with Gasteiger partial charge in [0.2, 0.25) is 0 Å². The van der Waals surface area contributed by atoms with Gasteiger partial charge >= 0.3 is 0 Å². The Morgan fingerprint density at radius 1 is 0.712 bits per heavy atom. The van der Waals surface area contributed by atoms with Gasteiger partial charge in [-0.3, -0.25) is 14.4 Å². The standard InChI is InChI=1S/C37H22N3O.C14H15FNSi.Ir/c1-22-15-17-27-29-10-6-11-30(36(29)41-34(27)20-22)37-39-32-13-4-5-14-33(32)40(37)23-16-18-26-24-8-2-3-9-25(24)28-12-7-19-38-35(28)31(26)21-23;1-17(2,3)13-8-9-14(16-10-13)11-4-6-12(15)7-5-11;/h2-10,12-21H,1H3;4,6-10H,1-3H3;/q2*-1;/i1D3;;. The molecular weight excluding hydrogens is 924 g/mol. The van der Waals surface area contributed by atoms with Crippen LogP contribution in [0.1, 0.15) is 9.68 Å². The fourth-order valence-corrected chi connectivity index (χ4v) is 8.85. The smallest absolute Gasteiger partial charge is 0.121 e. The van der Waals surface area contributed by atoms with Crippen molar-refractivity contribution in [2.45, 2.75) is 26.5 Å². The van der Waals surface area contributed by atoms with E-state index >= 15 is 0 Å². The maximum absolute atomic E-state index is 12.8. The van der Waals surface area contributed by atoms with Crippen molar-refractivity contribution in [1.29, 1.82) is 0 Å². The number of halogens is 1. The van der Waals surface area contributed by atoms with Crippen molar-refractivity contribution in [1.82, 2.24) is 19.5 Å². The second kappa shape index (κ2) is 15.1. The quantitative estimate of drug-likeness (QED) is 0.100. The number of benzene rings is 7. The zero-order valence-electron chi connectivity index (χ0n) is 35.3. The SMILES string of the molecule is C[Si](C)(C)c1ccc(-c2[c-]cc(F)cc2)nc1.[2H]C([2H])([2H])c1ccc2c(c1)oc1c(-c3nc4ccccc4n3-c3ccc4c5ccccc5c5cccnc5c4c3)[c-]ccc12.[Ir]. The maximum atomic E-state index is 12.8. The van der Waals surface area contributed by atoms with E-state index in [1.54, 1.807) is 18.2 Å². The molecule has 0 aliphatic heterocycles. The largest absolute Gasteiger partial charge is 0.501 e. The molecule has 0 spiro atoms. The zero-order chi connectivity index (χ0) is 42.0. The van der Waals surface area contributed by atoms with Crippen molar-refractivity contribution in [3.63, 3.8) is 0 Å². The van der Waals surface area contributed by atoms with Crippen molar-refractivity contribution in [3.05, 3.63) is 175 Å². The Balaban J connectivity index is 0.000000230. The molecule has 0 fully saturated rings. The number of para-hydroxylation sites is 2. The Hall–Kier alpha value is -6.31. The molecule has 8 heteroatoms. The molecule has 11 aromatic rings. The molecule has 0 amide bonds. The molecule has 4 aromatic heterocycles. The van der Waals surface area contributed by atoms with Gasteiger partial charge in [-0.05, 0) is 75.9 Å². The zero-order valence-corrected chi connectivity index (χ0v) is 35.7. The first-order valence-corrected chi connectivity index (χ1v) is 22.6. The summed E-state index contributed by atoms with van der Waals surface area (Å²) in [5, 5.41) is 8.72. The molecule has 0 atom stereocenters. The average Bonchev–Trinajstić information content (AvgIpc) is 3.85. The molecule has 59 heavy (non-hydrogen) atoms. The van der Waals surface area contributed by atoms with Crippen LogP contribution in [0.5, 0.6) is 0 Å². The molecule has 289 valence electrons. The number of imidazole rings is 1. The fraction of sp³-hybridized carbons (Fsp3) is 0.0784. The number of furan rings is 1. The monoisotopic (exact) mass is 964 g/mol. The summed E-state index contributed by atoms with van der Waals surface area (Å²) in [5.74, 6) is 0.414. The van der Waals surface area contributed by atoms with Gasteiger partial charge in [-0.15, -0.1) is 48.0 Å². The third-order valence-corrected chi connectivity index (χ3v) is 12.8. The molecule has 7 aromatic carbocycles. The van der Waals surface area contributed by atoms with E-state index in [9.17, 15) is 4.39 Å². The normalized spacial score (nSPS) is 12.6. The van der Waals surface area contributed by atoms with Gasteiger partial charge in [0, 0.05) is 64.3 Å². The second-order valence-electron chi connectivity index (χ2n) is 15.4. The summed E-state index contributed by atoms with van der Waals surface area (Å²) in [5.41, 5.74) is 7.42. The van der Waals surface area contributed by atoms with Crippen LogP contribution in [0.15, 0.2) is 156 Å². The van der Waals surface area contributed by atoms with Crippen molar-refractivity contribution in [2.75, 3.05) is 0 Å². The number of rotatable bonds is 4. The van der Waals surface area contributed by atoms with Crippen LogP contribution in [0, 0.1) is 24.8 Å². The fourth-order valence-electron chi connectivity index (χ4n) is 7.82. The van der Waals surface area contributed by atoms with Gasteiger partial charge in [0.15, 0.2) is 0 Å². The van der Waals surface area contributed by atoms with Crippen LogP contribution in [-0.2, 0) is 20.1 Å². The molecule has 0 N–H and O–H groups in total. The van der Waals surface area contributed by atoms with E-state index in [0.29, 0.717) is 22.6 Å². The van der Waals surface area contributed by atoms with E-state index in [1.165, 1.54) is 28.1 Å². The first-order chi connectivity index (χ1) is 29.4. The van der Waals surface area contributed by atoms with Crippen molar-refractivity contribution in [2.24, 2.45) is 0 Å². The summed E-state index contributed by atoms with van der Waals surface area (Å²) in [6, 6.07) is 50.9. The van der Waals surface area contributed by atoms with E-state index in [0.717, 1.165) is 60.4 Å². The molecule has 1 radical (unpaired) electrons. The number of pyridine rings is 2. The Morgan fingerprint density at radius 2 is 1.49 bits per heavy atom. The van der Waals surface area contributed by atoms with Gasteiger partial charge in [0.1, 0.15) is 5.58 Å². The third-order valence-electron chi connectivity index (χ3n) is 10.7. The number of aryl methyl sites for hydroxylation is 1. The van der Waals surface area contributed by atoms with E-state index in [1.807, 2.05) is 60.9 Å². The van der Waals surface area contributed by atoms with Crippen LogP contribution < -0.4 is 5.19 Å². The molecule has 11 rings (SSSR count). The first-order valence-electron chi connectivity index (χ1n) is 20.6. The number of hydrogen-bond acceptors (Lipinski definition) is 4. The number of fused-ring (bicyclic) bond motifs is 10. The van der Waals surface area contributed by atoms with Crippen LogP contribution >= 0.6 is 0 Å². The number of hydrogen-bond donors (Lipinski definition) is 0. The van der Waals surface area contributed by atoms with Gasteiger partial charge in [-0.25, -0.2) is 0 Å². The van der Waals surface area contributed by atoms with Gasteiger partial charge in [-0.2, -0.15) is 0 Å². The van der Waals surface area contributed by atoms with E-state index in [-0.39, 0.29) is 31.5 Å². The summed E-state index contributed by atoms with van der Waals surface area (Å²) in [6.07, 6.45) is 3.77. The first kappa shape index (κ1) is 34.7. The molecule has 0 aliphatic rings. The number of nitrogens with zero attached hydrogens (tertiary/aromatic N) is 4. The molecule has 4 heterocycles. The summed E-state index contributed by atoms with van der Waals surface area (Å²) in [4.78, 5) is 14.3. The van der Waals surface area contributed by atoms with Gasteiger partial charge in [0.05, 0.1) is 36.0 Å². The van der Waals surface area contributed by atoms with Crippen molar-refractivity contribution >= 4 is 78.7 Å². The van der Waals surface area contributed by atoms with Crippen molar-refractivity contribution < 1.29 is 33.0 Å². The Kier molecular flexibility index (Phi) is 8.90. The van der Waals surface area contributed by atoms with E-state index < -0.39 is 14.9 Å². The predicted molar refractivity (Wildman–Crippen MR) is 239 cm³/mol. The molecule has 0 aliphatic carbocycles. The average molecular weight is 964 g/mol. The third kappa shape index (κ3) is 6.83. The van der Waals surface area contributed by atoms with Crippen molar-refractivity contribution in [3.8, 4) is 28.3 Å². The topological polar surface area (TPSA) is 56.7 Å². The van der Waals surface area contributed by atoms with Crippen LogP contribution in [0.3, 0.4) is 0 Å².